The van der Waals surface area contributed by atoms with Crippen LogP contribution >= 0.6 is 0 Å². The maximum absolute atomic E-state index is 5.25. The lowest BCUT2D eigenvalue weighted by molar-refractivity contribution is 0.140. The average molecular weight is 241 g/mol. The van der Waals surface area contributed by atoms with Gasteiger partial charge in [0.1, 0.15) is 0 Å². The van der Waals surface area contributed by atoms with E-state index in [9.17, 15) is 0 Å². The van der Waals surface area contributed by atoms with Gasteiger partial charge < -0.3 is 19.0 Å². The molecule has 1 rings (SSSR count). The zero-order valence-electron chi connectivity index (χ0n) is 10.5. The average Bonchev–Trinajstić information content (AvgIpc) is 2.37. The van der Waals surface area contributed by atoms with Gasteiger partial charge >= 0.3 is 0 Å². The standard InChI is InChI=1S/C12H19NO4/c1-14-8-10-7-12(16-3)11(15-2)6-9(10)4-5-17-13/h6-7H,4-5,8,13H2,1-3H3. The highest BCUT2D eigenvalue weighted by Gasteiger charge is 2.10. The van der Waals surface area contributed by atoms with Gasteiger partial charge in [-0.15, -0.1) is 0 Å². The molecule has 0 aliphatic rings. The second-order valence-electron chi connectivity index (χ2n) is 3.53. The first kappa shape index (κ1) is 13.8. The monoisotopic (exact) mass is 241 g/mol. The molecule has 0 saturated carbocycles. The van der Waals surface area contributed by atoms with Crippen molar-refractivity contribution in [3.05, 3.63) is 23.3 Å². The van der Waals surface area contributed by atoms with Crippen molar-refractivity contribution in [1.29, 1.82) is 0 Å². The fourth-order valence-corrected chi connectivity index (χ4v) is 1.65. The number of hydrogen-bond acceptors (Lipinski definition) is 5. The first-order valence-electron chi connectivity index (χ1n) is 5.31. The Bertz CT molecular complexity index is 355. The minimum atomic E-state index is 0.451. The molecule has 0 saturated heterocycles. The maximum atomic E-state index is 5.25. The van der Waals surface area contributed by atoms with E-state index in [0.717, 1.165) is 11.1 Å². The number of benzene rings is 1. The summed E-state index contributed by atoms with van der Waals surface area (Å²) in [5.74, 6) is 6.43. The minimum Gasteiger partial charge on any atom is -0.493 e. The summed E-state index contributed by atoms with van der Waals surface area (Å²) in [5.41, 5.74) is 2.12. The van der Waals surface area contributed by atoms with Gasteiger partial charge in [-0.3, -0.25) is 0 Å². The molecule has 5 nitrogen and oxygen atoms in total. The van der Waals surface area contributed by atoms with Crippen LogP contribution < -0.4 is 15.4 Å². The van der Waals surface area contributed by atoms with Gasteiger partial charge in [-0.2, -0.15) is 0 Å². The van der Waals surface area contributed by atoms with Crippen molar-refractivity contribution in [2.24, 2.45) is 5.90 Å². The first-order chi connectivity index (χ1) is 8.26. The van der Waals surface area contributed by atoms with Crippen molar-refractivity contribution in [3.8, 4) is 11.5 Å². The quantitative estimate of drug-likeness (QED) is 0.729. The largest absolute Gasteiger partial charge is 0.493 e. The van der Waals surface area contributed by atoms with Crippen LogP contribution in [0.25, 0.3) is 0 Å². The van der Waals surface area contributed by atoms with E-state index in [1.807, 2.05) is 12.1 Å². The number of hydrogen-bond donors (Lipinski definition) is 1. The van der Waals surface area contributed by atoms with Crippen molar-refractivity contribution in [2.45, 2.75) is 13.0 Å². The van der Waals surface area contributed by atoms with Gasteiger partial charge in [-0.1, -0.05) is 0 Å². The zero-order chi connectivity index (χ0) is 12.7. The Morgan fingerprint density at radius 3 is 2.06 bits per heavy atom. The molecule has 0 radical (unpaired) electrons. The van der Waals surface area contributed by atoms with Crippen molar-refractivity contribution >= 4 is 0 Å². The van der Waals surface area contributed by atoms with Crippen LogP contribution in [0.3, 0.4) is 0 Å². The van der Waals surface area contributed by atoms with Crippen molar-refractivity contribution in [3.63, 3.8) is 0 Å². The summed E-state index contributed by atoms with van der Waals surface area (Å²) in [7, 11) is 4.87. The lowest BCUT2D eigenvalue weighted by Gasteiger charge is -2.14. The third kappa shape index (κ3) is 3.59. The van der Waals surface area contributed by atoms with Crippen LogP contribution in [0.4, 0.5) is 0 Å². The Labute approximate surface area is 101 Å². The zero-order valence-corrected chi connectivity index (χ0v) is 10.5. The molecule has 0 heterocycles. The molecule has 5 heteroatoms. The van der Waals surface area contributed by atoms with Crippen LogP contribution in [0.15, 0.2) is 12.1 Å². The Morgan fingerprint density at radius 2 is 1.59 bits per heavy atom. The predicted molar refractivity (Wildman–Crippen MR) is 64.1 cm³/mol. The molecule has 0 fully saturated rings. The number of nitrogens with two attached hydrogens (primary N) is 1. The molecular formula is C12H19NO4. The molecule has 0 aliphatic heterocycles. The van der Waals surface area contributed by atoms with E-state index in [-0.39, 0.29) is 0 Å². The summed E-state index contributed by atoms with van der Waals surface area (Å²) in [5, 5.41) is 0. The molecule has 0 amide bonds. The van der Waals surface area contributed by atoms with Crippen LogP contribution in [-0.4, -0.2) is 27.9 Å². The second kappa shape index (κ2) is 7.11. The Kier molecular flexibility index (Phi) is 5.76. The maximum Gasteiger partial charge on any atom is 0.161 e. The molecule has 0 aromatic heterocycles. The molecule has 0 unspecified atom stereocenters. The van der Waals surface area contributed by atoms with Crippen LogP contribution in [-0.2, 0) is 22.6 Å². The van der Waals surface area contributed by atoms with Gasteiger partial charge in [-0.05, 0) is 29.7 Å². The summed E-state index contributed by atoms with van der Waals surface area (Å²) in [6.07, 6.45) is 0.704. The Balaban J connectivity index is 3.05. The summed E-state index contributed by atoms with van der Waals surface area (Å²) < 4.78 is 15.7. The highest BCUT2D eigenvalue weighted by molar-refractivity contribution is 5.47. The van der Waals surface area contributed by atoms with Gasteiger partial charge in [0.25, 0.3) is 0 Å². The summed E-state index contributed by atoms with van der Waals surface area (Å²) in [6.45, 7) is 0.965. The molecular weight excluding hydrogens is 222 g/mol. The second-order valence-corrected chi connectivity index (χ2v) is 3.53. The van der Waals surface area contributed by atoms with Crippen LogP contribution in [0, 0.1) is 0 Å². The van der Waals surface area contributed by atoms with Crippen molar-refractivity contribution < 1.29 is 19.0 Å². The van der Waals surface area contributed by atoms with E-state index >= 15 is 0 Å². The number of rotatable bonds is 7. The summed E-state index contributed by atoms with van der Waals surface area (Å²) in [6, 6.07) is 3.83. The van der Waals surface area contributed by atoms with E-state index in [4.69, 9.17) is 20.1 Å². The summed E-state index contributed by atoms with van der Waals surface area (Å²) >= 11 is 0. The van der Waals surface area contributed by atoms with Crippen molar-refractivity contribution in [1.82, 2.24) is 0 Å². The van der Waals surface area contributed by atoms with E-state index < -0.39 is 0 Å². The normalized spacial score (nSPS) is 10.4. The highest BCUT2D eigenvalue weighted by atomic mass is 16.6. The topological polar surface area (TPSA) is 62.9 Å². The first-order valence-corrected chi connectivity index (χ1v) is 5.31. The van der Waals surface area contributed by atoms with E-state index in [0.29, 0.717) is 31.1 Å². The minimum absolute atomic E-state index is 0.451. The molecule has 17 heavy (non-hydrogen) atoms. The van der Waals surface area contributed by atoms with Gasteiger partial charge in [0.2, 0.25) is 0 Å². The van der Waals surface area contributed by atoms with Crippen LogP contribution in [0.2, 0.25) is 0 Å². The van der Waals surface area contributed by atoms with E-state index in [1.165, 1.54) is 0 Å². The SMILES string of the molecule is COCc1cc(OC)c(OC)cc1CCON. The Morgan fingerprint density at radius 1 is 1.00 bits per heavy atom. The molecule has 96 valence electrons. The fraction of sp³-hybridized carbons (Fsp3) is 0.500. The molecule has 0 atom stereocenters. The molecule has 0 spiro atoms. The van der Waals surface area contributed by atoms with Gasteiger partial charge in [-0.25, -0.2) is 5.90 Å². The van der Waals surface area contributed by atoms with Crippen LogP contribution in [0.1, 0.15) is 11.1 Å². The predicted octanol–water partition coefficient (Wildman–Crippen LogP) is 1.28. The van der Waals surface area contributed by atoms with Gasteiger partial charge in [0, 0.05) is 7.11 Å². The smallest absolute Gasteiger partial charge is 0.161 e. The van der Waals surface area contributed by atoms with Crippen LogP contribution in [0.5, 0.6) is 11.5 Å². The van der Waals surface area contributed by atoms with E-state index in [1.54, 1.807) is 21.3 Å². The third-order valence-electron chi connectivity index (χ3n) is 2.49. The molecule has 0 bridgehead atoms. The fourth-order valence-electron chi connectivity index (χ4n) is 1.65. The number of methoxy groups -OCH3 is 3. The lowest BCUT2D eigenvalue weighted by Crippen LogP contribution is -2.07. The molecule has 0 aliphatic carbocycles. The summed E-state index contributed by atoms with van der Waals surface area (Å²) in [4.78, 5) is 4.60. The highest BCUT2D eigenvalue weighted by Crippen LogP contribution is 2.31. The Hall–Kier alpha value is -1.30. The van der Waals surface area contributed by atoms with E-state index in [2.05, 4.69) is 4.84 Å². The van der Waals surface area contributed by atoms with Gasteiger partial charge in [0.05, 0.1) is 27.4 Å². The molecule has 2 N–H and O–H groups in total. The lowest BCUT2D eigenvalue weighted by atomic mass is 10.0. The molecule has 1 aromatic rings. The third-order valence-corrected chi connectivity index (χ3v) is 2.49. The van der Waals surface area contributed by atoms with Crippen molar-refractivity contribution in [2.75, 3.05) is 27.9 Å². The van der Waals surface area contributed by atoms with Gasteiger partial charge in [0.15, 0.2) is 11.5 Å². The molecule has 1 aromatic carbocycles. The number of ether oxygens (including phenoxy) is 3.